The van der Waals surface area contributed by atoms with Crippen LogP contribution in [-0.2, 0) is 17.8 Å². The highest BCUT2D eigenvalue weighted by Gasteiger charge is 2.24. The summed E-state index contributed by atoms with van der Waals surface area (Å²) in [6, 6.07) is 27.4. The molecular formula is C28H24BrN5O2. The molecule has 3 aromatic carbocycles. The Balaban J connectivity index is 1.67. The predicted octanol–water partition coefficient (Wildman–Crippen LogP) is 4.32. The monoisotopic (exact) mass is 541 g/mol. The van der Waals surface area contributed by atoms with Gasteiger partial charge in [-0.15, -0.1) is 0 Å². The Labute approximate surface area is 217 Å². The molecule has 0 aliphatic rings. The summed E-state index contributed by atoms with van der Waals surface area (Å²) < 4.78 is 2.52. The topological polar surface area (TPSA) is 99.8 Å². The molecule has 180 valence electrons. The van der Waals surface area contributed by atoms with Crippen molar-refractivity contribution in [1.29, 1.82) is 5.26 Å². The minimum atomic E-state index is -0.776. The maximum atomic E-state index is 13.5. The standard InChI is InChI=1S/C28H24BrN5O2/c1-31-27(35)25(15-20-9-6-12-23(29)14-20)32-28(36)26-16-24(22-11-5-10-21(13-22)17-30)33-34(26)18-19-7-3-2-4-8-19/h2-14,16,25H,15,18H2,1H3,(H,31,35)(H,32,36)/t25-/m0/s1. The first-order chi connectivity index (χ1) is 17.5. The summed E-state index contributed by atoms with van der Waals surface area (Å²) >= 11 is 3.45. The van der Waals surface area contributed by atoms with Gasteiger partial charge in [-0.1, -0.05) is 70.5 Å². The summed E-state index contributed by atoms with van der Waals surface area (Å²) in [4.78, 5) is 26.1. The Morgan fingerprint density at radius 1 is 1.00 bits per heavy atom. The van der Waals surface area contributed by atoms with E-state index in [-0.39, 0.29) is 5.91 Å². The molecule has 2 N–H and O–H groups in total. The van der Waals surface area contributed by atoms with E-state index in [1.165, 1.54) is 0 Å². The number of carbonyl (C=O) groups excluding carboxylic acids is 2. The van der Waals surface area contributed by atoms with Gasteiger partial charge in [-0.25, -0.2) is 0 Å². The number of benzene rings is 3. The quantitative estimate of drug-likeness (QED) is 0.347. The molecule has 7 nitrogen and oxygen atoms in total. The summed E-state index contributed by atoms with van der Waals surface area (Å²) in [6.45, 7) is 0.373. The van der Waals surface area contributed by atoms with E-state index < -0.39 is 11.9 Å². The van der Waals surface area contributed by atoms with Crippen LogP contribution in [0.3, 0.4) is 0 Å². The predicted molar refractivity (Wildman–Crippen MR) is 141 cm³/mol. The minimum absolute atomic E-state index is 0.292. The average Bonchev–Trinajstić information content (AvgIpc) is 3.32. The Hall–Kier alpha value is -4.22. The molecule has 1 aromatic heterocycles. The van der Waals surface area contributed by atoms with Crippen LogP contribution in [0.5, 0.6) is 0 Å². The van der Waals surface area contributed by atoms with Crippen LogP contribution in [0.25, 0.3) is 11.3 Å². The lowest BCUT2D eigenvalue weighted by Crippen LogP contribution is -2.47. The first-order valence-corrected chi connectivity index (χ1v) is 12.2. The molecule has 4 aromatic rings. The third-order valence-electron chi connectivity index (χ3n) is 5.67. The van der Waals surface area contributed by atoms with Crippen molar-refractivity contribution in [3.05, 3.63) is 112 Å². The SMILES string of the molecule is CNC(=O)[C@H](Cc1cccc(Br)c1)NC(=O)c1cc(-c2cccc(C#N)c2)nn1Cc1ccccc1. The fourth-order valence-electron chi connectivity index (χ4n) is 3.88. The van der Waals surface area contributed by atoms with E-state index in [4.69, 9.17) is 0 Å². The van der Waals surface area contributed by atoms with Gasteiger partial charge >= 0.3 is 0 Å². The van der Waals surface area contributed by atoms with Crippen molar-refractivity contribution in [3.63, 3.8) is 0 Å². The van der Waals surface area contributed by atoms with Crippen LogP contribution in [0.1, 0.15) is 27.2 Å². The van der Waals surface area contributed by atoms with Gasteiger partial charge in [0.25, 0.3) is 5.91 Å². The number of halogens is 1. The Morgan fingerprint density at radius 3 is 2.47 bits per heavy atom. The molecule has 0 aliphatic carbocycles. The number of likely N-dealkylation sites (N-methyl/N-ethyl adjacent to an activating group) is 1. The molecular weight excluding hydrogens is 518 g/mol. The third-order valence-corrected chi connectivity index (χ3v) is 6.17. The number of rotatable bonds is 8. The van der Waals surface area contributed by atoms with Crippen LogP contribution in [0.2, 0.25) is 0 Å². The van der Waals surface area contributed by atoms with E-state index in [1.807, 2.05) is 60.7 Å². The molecule has 0 saturated heterocycles. The number of hydrogen-bond donors (Lipinski definition) is 2. The van der Waals surface area contributed by atoms with E-state index in [0.717, 1.165) is 21.2 Å². The van der Waals surface area contributed by atoms with Crippen molar-refractivity contribution >= 4 is 27.7 Å². The van der Waals surface area contributed by atoms with Crippen LogP contribution >= 0.6 is 15.9 Å². The smallest absolute Gasteiger partial charge is 0.270 e. The zero-order chi connectivity index (χ0) is 25.5. The minimum Gasteiger partial charge on any atom is -0.357 e. The van der Waals surface area contributed by atoms with Crippen molar-refractivity contribution in [3.8, 4) is 17.3 Å². The second kappa shape index (κ2) is 11.5. The van der Waals surface area contributed by atoms with Crippen LogP contribution in [0, 0.1) is 11.3 Å². The van der Waals surface area contributed by atoms with Crippen molar-refractivity contribution in [1.82, 2.24) is 20.4 Å². The van der Waals surface area contributed by atoms with E-state index in [1.54, 1.807) is 36.0 Å². The second-order valence-corrected chi connectivity index (χ2v) is 9.14. The molecule has 1 heterocycles. The largest absolute Gasteiger partial charge is 0.357 e. The fourth-order valence-corrected chi connectivity index (χ4v) is 4.33. The lowest BCUT2D eigenvalue weighted by molar-refractivity contribution is -0.122. The van der Waals surface area contributed by atoms with Crippen molar-refractivity contribution in [2.75, 3.05) is 7.05 Å². The van der Waals surface area contributed by atoms with Crippen LogP contribution in [0.15, 0.2) is 89.4 Å². The summed E-state index contributed by atoms with van der Waals surface area (Å²) in [5.41, 5.74) is 4.00. The third kappa shape index (κ3) is 6.06. The summed E-state index contributed by atoms with van der Waals surface area (Å²) in [5, 5.41) is 19.5. The fraction of sp³-hybridized carbons (Fsp3) is 0.143. The number of nitriles is 1. The van der Waals surface area contributed by atoms with E-state index >= 15 is 0 Å². The Bertz CT molecular complexity index is 1430. The molecule has 4 rings (SSSR count). The van der Waals surface area contributed by atoms with Gasteiger partial charge in [-0.2, -0.15) is 10.4 Å². The van der Waals surface area contributed by atoms with Gasteiger partial charge in [0.1, 0.15) is 11.7 Å². The molecule has 8 heteroatoms. The molecule has 1 atom stereocenters. The summed E-state index contributed by atoms with van der Waals surface area (Å²) in [6.07, 6.45) is 0.328. The van der Waals surface area contributed by atoms with Crippen LogP contribution < -0.4 is 10.6 Å². The normalized spacial score (nSPS) is 11.4. The zero-order valence-electron chi connectivity index (χ0n) is 19.6. The molecule has 0 fully saturated rings. The number of aromatic nitrogens is 2. The molecule has 36 heavy (non-hydrogen) atoms. The zero-order valence-corrected chi connectivity index (χ0v) is 21.2. The first kappa shape index (κ1) is 24.9. The van der Waals surface area contributed by atoms with Crippen molar-refractivity contribution in [2.24, 2.45) is 0 Å². The Kier molecular flexibility index (Phi) is 7.93. The lowest BCUT2D eigenvalue weighted by atomic mass is 10.0. The molecule has 0 radical (unpaired) electrons. The van der Waals surface area contributed by atoms with Crippen LogP contribution in [0.4, 0.5) is 0 Å². The van der Waals surface area contributed by atoms with Gasteiger partial charge in [0.05, 0.1) is 23.9 Å². The number of amides is 2. The number of carbonyl (C=O) groups is 2. The molecule has 0 saturated carbocycles. The maximum Gasteiger partial charge on any atom is 0.270 e. The number of hydrogen-bond acceptors (Lipinski definition) is 4. The van der Waals surface area contributed by atoms with E-state index in [2.05, 4.69) is 37.7 Å². The maximum absolute atomic E-state index is 13.5. The van der Waals surface area contributed by atoms with Crippen molar-refractivity contribution < 1.29 is 9.59 Å². The van der Waals surface area contributed by atoms with Gasteiger partial charge < -0.3 is 10.6 Å². The number of nitrogens with zero attached hydrogens (tertiary/aromatic N) is 3. The number of nitrogens with one attached hydrogen (secondary N) is 2. The lowest BCUT2D eigenvalue weighted by Gasteiger charge is -2.18. The summed E-state index contributed by atoms with van der Waals surface area (Å²) in [7, 11) is 1.54. The Morgan fingerprint density at radius 2 is 1.75 bits per heavy atom. The molecule has 0 spiro atoms. The van der Waals surface area contributed by atoms with Gasteiger partial charge in [-0.3, -0.25) is 14.3 Å². The summed E-state index contributed by atoms with van der Waals surface area (Å²) in [5.74, 6) is -0.705. The second-order valence-electron chi connectivity index (χ2n) is 8.23. The molecule has 0 aliphatic heterocycles. The van der Waals surface area contributed by atoms with Gasteiger partial charge in [0.15, 0.2) is 0 Å². The highest BCUT2D eigenvalue weighted by molar-refractivity contribution is 9.10. The molecule has 0 unspecified atom stereocenters. The van der Waals surface area contributed by atoms with Crippen LogP contribution in [-0.4, -0.2) is 34.7 Å². The van der Waals surface area contributed by atoms with Gasteiger partial charge in [-0.05, 0) is 41.5 Å². The van der Waals surface area contributed by atoms with Gasteiger partial charge in [0.2, 0.25) is 5.91 Å². The van der Waals surface area contributed by atoms with Crippen molar-refractivity contribution in [2.45, 2.75) is 19.0 Å². The highest BCUT2D eigenvalue weighted by atomic mass is 79.9. The van der Waals surface area contributed by atoms with E-state index in [9.17, 15) is 14.9 Å². The molecule has 0 bridgehead atoms. The first-order valence-electron chi connectivity index (χ1n) is 11.4. The highest BCUT2D eigenvalue weighted by Crippen LogP contribution is 2.22. The van der Waals surface area contributed by atoms with Gasteiger partial charge in [0, 0.05) is 23.5 Å². The molecule has 2 amide bonds. The average molecular weight is 542 g/mol. The van der Waals surface area contributed by atoms with E-state index in [0.29, 0.717) is 29.9 Å².